The summed E-state index contributed by atoms with van der Waals surface area (Å²) in [5, 5.41) is 1.25. The largest absolute Gasteiger partial charge is 0.337 e. The average Bonchev–Trinajstić information content (AvgIpc) is 3.47. The molecule has 0 aliphatic carbocycles. The van der Waals surface area contributed by atoms with Gasteiger partial charge in [0.15, 0.2) is 5.82 Å². The molecule has 0 radical (unpaired) electrons. The van der Waals surface area contributed by atoms with Crippen LogP contribution in [0.25, 0.3) is 50.5 Å². The Morgan fingerprint density at radius 2 is 1.33 bits per heavy atom. The summed E-state index contributed by atoms with van der Waals surface area (Å²) in [4.78, 5) is 12.7. The summed E-state index contributed by atoms with van der Waals surface area (Å²) in [5.74, 6) is 0.689. The quantitative estimate of drug-likeness (QED) is 0.122. The van der Waals surface area contributed by atoms with Crippen LogP contribution in [-0.2, 0) is 12.8 Å². The number of fused-ring (bicyclic) bond motifs is 1. The predicted octanol–water partition coefficient (Wildman–Crippen LogP) is 11.9. The summed E-state index contributed by atoms with van der Waals surface area (Å²) < 4.78 is 2.43. The minimum absolute atomic E-state index is 0.627. The van der Waals surface area contributed by atoms with Gasteiger partial charge in [0.25, 0.3) is 0 Å². The zero-order valence-electron chi connectivity index (χ0n) is 29.3. The molecule has 0 aliphatic rings. The molecule has 4 nitrogen and oxygen atoms in total. The maximum Gasteiger partial charge on any atom is 0.160 e. The van der Waals surface area contributed by atoms with E-state index in [0.717, 1.165) is 58.0 Å². The zero-order valence-corrected chi connectivity index (χ0v) is 29.3. The highest BCUT2D eigenvalue weighted by molar-refractivity contribution is 5.88. The molecule has 7 aromatic rings. The van der Waals surface area contributed by atoms with Crippen LogP contribution in [0.2, 0.25) is 0 Å². The first-order valence-corrected chi connectivity index (χ1v) is 17.5. The maximum absolute atomic E-state index is 5.26. The lowest BCUT2D eigenvalue weighted by Crippen LogP contribution is -2.19. The lowest BCUT2D eigenvalue weighted by molar-refractivity contribution is 0.984. The molecule has 250 valence electrons. The number of benzene rings is 5. The highest BCUT2D eigenvalue weighted by atomic mass is 15.1. The van der Waals surface area contributed by atoms with Crippen molar-refractivity contribution >= 4 is 22.3 Å². The van der Waals surface area contributed by atoms with E-state index in [-0.39, 0.29) is 0 Å². The fourth-order valence-electron chi connectivity index (χ4n) is 6.89. The molecule has 0 saturated carbocycles. The van der Waals surface area contributed by atoms with Gasteiger partial charge in [-0.3, -0.25) is 0 Å². The molecular formula is C47H42N4. The van der Waals surface area contributed by atoms with Crippen LogP contribution in [0, 0.1) is 6.92 Å². The van der Waals surface area contributed by atoms with E-state index < -0.39 is 0 Å². The van der Waals surface area contributed by atoms with Crippen LogP contribution in [0.1, 0.15) is 23.7 Å². The van der Waals surface area contributed by atoms with Crippen LogP contribution in [0.5, 0.6) is 0 Å². The number of rotatable bonds is 12. The van der Waals surface area contributed by atoms with Crippen LogP contribution >= 0.6 is 0 Å². The van der Waals surface area contributed by atoms with Crippen LogP contribution in [0.15, 0.2) is 171 Å². The number of hydrogen-bond acceptors (Lipinski definition) is 3. The van der Waals surface area contributed by atoms with Gasteiger partial charge in [-0.2, -0.15) is 0 Å². The molecule has 2 aromatic heterocycles. The Kier molecular flexibility index (Phi) is 9.84. The van der Waals surface area contributed by atoms with Crippen LogP contribution in [0.4, 0.5) is 11.4 Å². The van der Waals surface area contributed by atoms with Crippen molar-refractivity contribution in [1.82, 2.24) is 14.5 Å². The summed E-state index contributed by atoms with van der Waals surface area (Å²) >= 11 is 0. The Bertz CT molecular complexity index is 2290. The minimum atomic E-state index is 0.627. The van der Waals surface area contributed by atoms with Crippen molar-refractivity contribution in [2.45, 2.75) is 26.7 Å². The number of para-hydroxylation sites is 2. The normalized spacial score (nSPS) is 11.3. The molecule has 5 aromatic carbocycles. The molecular weight excluding hydrogens is 621 g/mol. The zero-order chi connectivity index (χ0) is 35.2. The molecule has 2 heterocycles. The molecule has 0 N–H and O–H groups in total. The van der Waals surface area contributed by atoms with Crippen molar-refractivity contribution in [1.29, 1.82) is 0 Å². The molecule has 0 saturated heterocycles. The number of anilines is 2. The summed E-state index contributed by atoms with van der Waals surface area (Å²) in [6, 6.07) is 46.8. The molecule has 0 aliphatic heterocycles. The van der Waals surface area contributed by atoms with Crippen molar-refractivity contribution in [3.05, 3.63) is 188 Å². The van der Waals surface area contributed by atoms with Gasteiger partial charge in [-0.25, -0.2) is 9.97 Å². The fourth-order valence-corrected chi connectivity index (χ4v) is 6.89. The summed E-state index contributed by atoms with van der Waals surface area (Å²) in [6.45, 7) is 13.2. The summed E-state index contributed by atoms with van der Waals surface area (Å²) in [6.07, 6.45) is 9.88. The van der Waals surface area contributed by atoms with E-state index in [2.05, 4.69) is 158 Å². The first kappa shape index (κ1) is 33.2. The number of nitrogens with zero attached hydrogens (tertiary/aromatic N) is 4. The Morgan fingerprint density at radius 1 is 0.667 bits per heavy atom. The smallest absolute Gasteiger partial charge is 0.160 e. The average molecular weight is 663 g/mol. The van der Waals surface area contributed by atoms with Crippen LogP contribution in [-0.4, -0.2) is 21.1 Å². The second-order valence-corrected chi connectivity index (χ2v) is 12.7. The highest BCUT2D eigenvalue weighted by Gasteiger charge is 2.20. The van der Waals surface area contributed by atoms with E-state index in [9.17, 15) is 0 Å². The van der Waals surface area contributed by atoms with Crippen LogP contribution < -0.4 is 4.90 Å². The summed E-state index contributed by atoms with van der Waals surface area (Å²) in [7, 11) is 0. The monoisotopic (exact) mass is 662 g/mol. The lowest BCUT2D eigenvalue weighted by Gasteiger charge is -2.27. The third kappa shape index (κ3) is 6.82. The molecule has 0 fully saturated rings. The van der Waals surface area contributed by atoms with Gasteiger partial charge in [0.05, 0.1) is 16.9 Å². The van der Waals surface area contributed by atoms with Gasteiger partial charge in [-0.15, -0.1) is 13.2 Å². The van der Waals surface area contributed by atoms with Gasteiger partial charge in [-0.05, 0) is 67.8 Å². The fraction of sp³-hybridized carbons (Fsp3) is 0.106. The first-order chi connectivity index (χ1) is 25.1. The Labute approximate surface area is 301 Å². The second-order valence-electron chi connectivity index (χ2n) is 12.7. The number of allylic oxidation sites excluding steroid dienone is 3. The predicted molar refractivity (Wildman–Crippen MR) is 216 cm³/mol. The van der Waals surface area contributed by atoms with E-state index in [1.807, 2.05) is 36.4 Å². The van der Waals surface area contributed by atoms with Gasteiger partial charge in [0, 0.05) is 57.8 Å². The first-order valence-electron chi connectivity index (χ1n) is 17.5. The SMILES string of the molecule is C=CCc1ccccc1N(CC=C)c1cc(-c2cc(-c3ccccc3)nc(-c3ccccc3)n2)cc(-n2c(C/C=C\C)c(C)c3ccccc32)c1. The molecule has 0 amide bonds. The third-order valence-corrected chi connectivity index (χ3v) is 9.35. The standard InChI is InChI=1S/C47H42N4/c1-5-8-26-44-34(4)41-25-16-18-28-46(41)51(44)40-31-38(30-39(32-40)50(29-7-3)45-27-17-15-22-36(45)19-6-2)43-33-42(35-20-11-9-12-21-35)48-47(49-43)37-23-13-10-14-24-37/h5-18,20-25,27-28,30-33H,2-3,19,26,29H2,1,4H3/b8-5-. The van der Waals surface area contributed by atoms with Crippen molar-refractivity contribution in [3.8, 4) is 39.6 Å². The van der Waals surface area contributed by atoms with Gasteiger partial charge in [-0.1, -0.05) is 121 Å². The molecule has 0 spiro atoms. The molecule has 0 atom stereocenters. The van der Waals surface area contributed by atoms with E-state index in [0.29, 0.717) is 12.4 Å². The molecule has 0 unspecified atom stereocenters. The van der Waals surface area contributed by atoms with E-state index in [1.54, 1.807) is 0 Å². The van der Waals surface area contributed by atoms with E-state index >= 15 is 0 Å². The van der Waals surface area contributed by atoms with Gasteiger partial charge in [0.2, 0.25) is 0 Å². The summed E-state index contributed by atoms with van der Waals surface area (Å²) in [5.41, 5.74) is 12.9. The van der Waals surface area contributed by atoms with Crippen molar-refractivity contribution in [3.63, 3.8) is 0 Å². The Hall–Kier alpha value is -6.26. The van der Waals surface area contributed by atoms with Crippen LogP contribution in [0.3, 0.4) is 0 Å². The topological polar surface area (TPSA) is 34.0 Å². The maximum atomic E-state index is 5.26. The Morgan fingerprint density at radius 3 is 2.06 bits per heavy atom. The van der Waals surface area contributed by atoms with E-state index in [1.165, 1.54) is 27.7 Å². The van der Waals surface area contributed by atoms with Crippen molar-refractivity contribution in [2.24, 2.45) is 0 Å². The molecule has 51 heavy (non-hydrogen) atoms. The van der Waals surface area contributed by atoms with Gasteiger partial charge in [0.1, 0.15) is 0 Å². The lowest BCUT2D eigenvalue weighted by atomic mass is 10.0. The number of hydrogen-bond donors (Lipinski definition) is 0. The van der Waals surface area contributed by atoms with Gasteiger partial charge < -0.3 is 9.47 Å². The third-order valence-electron chi connectivity index (χ3n) is 9.35. The minimum Gasteiger partial charge on any atom is -0.337 e. The molecule has 0 bridgehead atoms. The number of aryl methyl sites for hydroxylation is 1. The van der Waals surface area contributed by atoms with Crippen molar-refractivity contribution < 1.29 is 0 Å². The molecule has 7 rings (SSSR count). The highest BCUT2D eigenvalue weighted by Crippen LogP contribution is 2.38. The second kappa shape index (κ2) is 15.1. The molecule has 4 heteroatoms. The Balaban J connectivity index is 1.54. The van der Waals surface area contributed by atoms with Gasteiger partial charge >= 0.3 is 0 Å². The number of aromatic nitrogens is 3. The van der Waals surface area contributed by atoms with Crippen molar-refractivity contribution in [2.75, 3.05) is 11.4 Å². The van der Waals surface area contributed by atoms with E-state index in [4.69, 9.17) is 9.97 Å².